The number of aromatic nitrogens is 1. The first-order chi connectivity index (χ1) is 10.6. The fourth-order valence-electron chi connectivity index (χ4n) is 2.24. The summed E-state index contributed by atoms with van der Waals surface area (Å²) in [5.41, 5.74) is 1.53. The number of nitrogens with one attached hydrogen (secondary N) is 1. The second-order valence-corrected chi connectivity index (χ2v) is 5.57. The minimum Gasteiger partial charge on any atom is -0.352 e. The Kier molecular flexibility index (Phi) is 5.78. The van der Waals surface area contributed by atoms with Crippen molar-refractivity contribution in [2.75, 3.05) is 6.54 Å². The van der Waals surface area contributed by atoms with Crippen molar-refractivity contribution in [2.24, 2.45) is 0 Å². The third-order valence-corrected chi connectivity index (χ3v) is 3.68. The summed E-state index contributed by atoms with van der Waals surface area (Å²) in [5, 5.41) is 3.40. The van der Waals surface area contributed by atoms with Gasteiger partial charge in [-0.3, -0.25) is 9.59 Å². The van der Waals surface area contributed by atoms with Crippen LogP contribution in [0, 0.1) is 6.92 Å². The van der Waals surface area contributed by atoms with Crippen molar-refractivity contribution in [1.29, 1.82) is 0 Å². The molecule has 2 rings (SSSR count). The molecule has 0 atom stereocenters. The Balaban J connectivity index is 1.76. The van der Waals surface area contributed by atoms with Gasteiger partial charge in [0.1, 0.15) is 0 Å². The van der Waals surface area contributed by atoms with Crippen molar-refractivity contribution in [3.05, 3.63) is 69.1 Å². The van der Waals surface area contributed by atoms with Gasteiger partial charge in [0.25, 0.3) is 11.5 Å². The first kappa shape index (κ1) is 16.3. The van der Waals surface area contributed by atoms with Gasteiger partial charge in [-0.1, -0.05) is 23.7 Å². The van der Waals surface area contributed by atoms with Crippen LogP contribution in [0.1, 0.15) is 28.9 Å². The van der Waals surface area contributed by atoms with Crippen LogP contribution in [0.5, 0.6) is 0 Å². The van der Waals surface area contributed by atoms with Gasteiger partial charge in [-0.05, 0) is 44.0 Å². The van der Waals surface area contributed by atoms with E-state index in [0.717, 1.165) is 18.5 Å². The molecule has 0 fully saturated rings. The Morgan fingerprint density at radius 3 is 2.68 bits per heavy atom. The molecule has 1 heterocycles. The molecule has 1 amide bonds. The van der Waals surface area contributed by atoms with Gasteiger partial charge in [0, 0.05) is 35.4 Å². The lowest BCUT2D eigenvalue weighted by Gasteiger charge is -2.09. The standard InChI is InChI=1S/C17H19ClN2O2/c1-13-6-4-9-16(21)20(13)11-3-2-10-19-17(22)14-7-5-8-15(18)12-14/h4-9,12H,2-3,10-11H2,1H3,(H,19,22). The lowest BCUT2D eigenvalue weighted by Crippen LogP contribution is -2.25. The van der Waals surface area contributed by atoms with Gasteiger partial charge in [-0.15, -0.1) is 0 Å². The van der Waals surface area contributed by atoms with Crippen LogP contribution in [0.25, 0.3) is 0 Å². The van der Waals surface area contributed by atoms with Crippen molar-refractivity contribution >= 4 is 17.5 Å². The lowest BCUT2D eigenvalue weighted by atomic mass is 10.2. The molecule has 0 aliphatic carbocycles. The number of carbonyl (C=O) groups is 1. The van der Waals surface area contributed by atoms with Crippen molar-refractivity contribution in [1.82, 2.24) is 9.88 Å². The Morgan fingerprint density at radius 1 is 1.18 bits per heavy atom. The molecular weight excluding hydrogens is 300 g/mol. The SMILES string of the molecule is Cc1cccc(=O)n1CCCCNC(=O)c1cccc(Cl)c1. The molecule has 1 aromatic heterocycles. The van der Waals surface area contributed by atoms with Crippen LogP contribution in [-0.4, -0.2) is 17.0 Å². The summed E-state index contributed by atoms with van der Waals surface area (Å²) >= 11 is 5.86. The highest BCUT2D eigenvalue weighted by atomic mass is 35.5. The van der Waals surface area contributed by atoms with E-state index in [1.807, 2.05) is 13.0 Å². The van der Waals surface area contributed by atoms with Gasteiger partial charge in [-0.25, -0.2) is 0 Å². The summed E-state index contributed by atoms with van der Waals surface area (Å²) in [7, 11) is 0. The van der Waals surface area contributed by atoms with E-state index in [-0.39, 0.29) is 11.5 Å². The van der Waals surface area contributed by atoms with E-state index < -0.39 is 0 Å². The fraction of sp³-hybridized carbons (Fsp3) is 0.294. The quantitative estimate of drug-likeness (QED) is 0.832. The first-order valence-electron chi connectivity index (χ1n) is 7.28. The number of hydrogen-bond acceptors (Lipinski definition) is 2. The largest absolute Gasteiger partial charge is 0.352 e. The molecule has 116 valence electrons. The zero-order valence-electron chi connectivity index (χ0n) is 12.5. The number of hydrogen-bond donors (Lipinski definition) is 1. The molecule has 1 N–H and O–H groups in total. The van der Waals surface area contributed by atoms with Crippen molar-refractivity contribution in [3.8, 4) is 0 Å². The minimum absolute atomic E-state index is 0.0166. The highest BCUT2D eigenvalue weighted by molar-refractivity contribution is 6.30. The number of halogens is 1. The smallest absolute Gasteiger partial charge is 0.251 e. The summed E-state index contributed by atoms with van der Waals surface area (Å²) in [6, 6.07) is 12.1. The third-order valence-electron chi connectivity index (χ3n) is 3.45. The van der Waals surface area contributed by atoms with Crippen molar-refractivity contribution in [3.63, 3.8) is 0 Å². The van der Waals surface area contributed by atoms with Crippen LogP contribution in [0.15, 0.2) is 47.3 Å². The zero-order valence-corrected chi connectivity index (χ0v) is 13.3. The Hall–Kier alpha value is -2.07. The molecule has 1 aromatic carbocycles. The maximum absolute atomic E-state index is 11.9. The van der Waals surface area contributed by atoms with Crippen LogP contribution in [0.4, 0.5) is 0 Å². The summed E-state index contributed by atoms with van der Waals surface area (Å²) < 4.78 is 1.75. The topological polar surface area (TPSA) is 51.1 Å². The van der Waals surface area contributed by atoms with Gasteiger partial charge in [0.2, 0.25) is 0 Å². The molecule has 4 nitrogen and oxygen atoms in total. The highest BCUT2D eigenvalue weighted by Gasteiger charge is 2.05. The van der Waals surface area contributed by atoms with E-state index in [0.29, 0.717) is 23.7 Å². The van der Waals surface area contributed by atoms with Crippen LogP contribution in [0.2, 0.25) is 5.02 Å². The summed E-state index contributed by atoms with van der Waals surface area (Å²) in [5.74, 6) is -0.129. The van der Waals surface area contributed by atoms with E-state index in [1.165, 1.54) is 0 Å². The molecule has 0 saturated carbocycles. The molecule has 0 aliphatic rings. The number of amides is 1. The summed E-state index contributed by atoms with van der Waals surface area (Å²) in [4.78, 5) is 23.6. The predicted molar refractivity (Wildman–Crippen MR) is 88.5 cm³/mol. The summed E-state index contributed by atoms with van der Waals surface area (Å²) in [6.45, 7) is 3.16. The molecule has 2 aromatic rings. The van der Waals surface area contributed by atoms with Gasteiger partial charge in [0.05, 0.1) is 0 Å². The van der Waals surface area contributed by atoms with E-state index in [1.54, 1.807) is 41.0 Å². The second kappa shape index (κ2) is 7.80. The molecule has 0 spiro atoms. The molecule has 0 bridgehead atoms. The zero-order chi connectivity index (χ0) is 15.9. The van der Waals surface area contributed by atoms with E-state index in [2.05, 4.69) is 5.32 Å². The number of rotatable bonds is 6. The maximum atomic E-state index is 11.9. The Bertz CT molecular complexity index is 710. The molecule has 0 aliphatic heterocycles. The number of nitrogens with zero attached hydrogens (tertiary/aromatic N) is 1. The average Bonchev–Trinajstić information content (AvgIpc) is 2.49. The molecule has 0 saturated heterocycles. The van der Waals surface area contributed by atoms with Crippen molar-refractivity contribution in [2.45, 2.75) is 26.3 Å². The van der Waals surface area contributed by atoms with Gasteiger partial charge in [-0.2, -0.15) is 0 Å². The molecule has 22 heavy (non-hydrogen) atoms. The number of unbranched alkanes of at least 4 members (excludes halogenated alkanes) is 1. The summed E-state index contributed by atoms with van der Waals surface area (Å²) in [6.07, 6.45) is 1.65. The Morgan fingerprint density at radius 2 is 1.95 bits per heavy atom. The number of aryl methyl sites for hydroxylation is 1. The predicted octanol–water partition coefficient (Wildman–Crippen LogP) is 3.02. The molecule has 0 radical (unpaired) electrons. The average molecular weight is 319 g/mol. The maximum Gasteiger partial charge on any atom is 0.251 e. The van der Waals surface area contributed by atoms with E-state index in [4.69, 9.17) is 11.6 Å². The monoisotopic (exact) mass is 318 g/mol. The van der Waals surface area contributed by atoms with Gasteiger partial charge < -0.3 is 9.88 Å². The Labute approximate surface area is 134 Å². The van der Waals surface area contributed by atoms with Crippen LogP contribution in [0.3, 0.4) is 0 Å². The van der Waals surface area contributed by atoms with Gasteiger partial charge >= 0.3 is 0 Å². The highest BCUT2D eigenvalue weighted by Crippen LogP contribution is 2.10. The number of pyridine rings is 1. The third kappa shape index (κ3) is 4.46. The molecule has 5 heteroatoms. The first-order valence-corrected chi connectivity index (χ1v) is 7.66. The molecular formula is C17H19ClN2O2. The second-order valence-electron chi connectivity index (χ2n) is 5.13. The van der Waals surface area contributed by atoms with Gasteiger partial charge in [0.15, 0.2) is 0 Å². The number of carbonyl (C=O) groups excluding carboxylic acids is 1. The lowest BCUT2D eigenvalue weighted by molar-refractivity contribution is 0.0953. The fourth-order valence-corrected chi connectivity index (χ4v) is 2.43. The normalized spacial score (nSPS) is 10.5. The van der Waals surface area contributed by atoms with E-state index in [9.17, 15) is 9.59 Å². The van der Waals surface area contributed by atoms with Crippen LogP contribution < -0.4 is 10.9 Å². The van der Waals surface area contributed by atoms with Crippen molar-refractivity contribution < 1.29 is 4.79 Å². The minimum atomic E-state index is -0.129. The van der Waals surface area contributed by atoms with Crippen LogP contribution in [-0.2, 0) is 6.54 Å². The van der Waals surface area contributed by atoms with E-state index >= 15 is 0 Å². The van der Waals surface area contributed by atoms with Crippen LogP contribution >= 0.6 is 11.6 Å². The molecule has 0 unspecified atom stereocenters. The number of benzene rings is 1.